The first-order chi connectivity index (χ1) is 39.8. The van der Waals surface area contributed by atoms with Crippen LogP contribution in [0.2, 0.25) is 0 Å². The van der Waals surface area contributed by atoms with Crippen molar-refractivity contribution in [2.75, 3.05) is 13.7 Å². The fourth-order valence-corrected chi connectivity index (χ4v) is 12.0. The molecule has 0 radical (unpaired) electrons. The molecular formula is C65H88N2O16. The lowest BCUT2D eigenvalue weighted by molar-refractivity contribution is -0.303. The number of allylic oxidation sites excluding steroid dienone is 12. The van der Waals surface area contributed by atoms with Gasteiger partial charge in [0, 0.05) is 62.9 Å². The topological polar surface area (TPSA) is 272 Å². The Morgan fingerprint density at radius 3 is 1.89 bits per heavy atom. The minimum atomic E-state index is -1.46. The molecular weight excluding hydrogens is 1060 g/mol. The predicted octanol–water partition coefficient (Wildman–Crippen LogP) is 6.66. The van der Waals surface area contributed by atoms with Gasteiger partial charge in [0.05, 0.1) is 73.4 Å². The summed E-state index contributed by atoms with van der Waals surface area (Å²) in [7, 11) is 1.44. The van der Waals surface area contributed by atoms with Crippen LogP contribution >= 0.6 is 0 Å². The molecule has 7 rings (SSSR count). The van der Waals surface area contributed by atoms with Crippen LogP contribution in [0.15, 0.2) is 134 Å². The van der Waals surface area contributed by atoms with Crippen molar-refractivity contribution < 1.29 is 78.6 Å². The molecule has 454 valence electrons. The van der Waals surface area contributed by atoms with Gasteiger partial charge < -0.3 is 74.8 Å². The Kier molecular flexibility index (Phi) is 24.2. The van der Waals surface area contributed by atoms with Gasteiger partial charge in [-0.3, -0.25) is 9.59 Å². The summed E-state index contributed by atoms with van der Waals surface area (Å²) in [6, 6.07) is 14.8. The number of nitrogens with one attached hydrogen (secondary N) is 2. The maximum atomic E-state index is 13.7. The summed E-state index contributed by atoms with van der Waals surface area (Å²) in [5.74, 6) is -3.90. The Bertz CT molecular complexity index is 2610. The molecule has 1 aliphatic carbocycles. The third-order valence-electron chi connectivity index (χ3n) is 17.0. The van der Waals surface area contributed by atoms with Gasteiger partial charge in [-0.2, -0.15) is 0 Å². The second kappa shape index (κ2) is 31.0. The molecule has 2 aromatic carbocycles. The van der Waals surface area contributed by atoms with Gasteiger partial charge in [-0.05, 0) is 61.3 Å². The van der Waals surface area contributed by atoms with E-state index in [0.29, 0.717) is 0 Å². The zero-order chi connectivity index (χ0) is 59.8. The third-order valence-corrected chi connectivity index (χ3v) is 17.0. The van der Waals surface area contributed by atoms with E-state index >= 15 is 0 Å². The van der Waals surface area contributed by atoms with Crippen molar-refractivity contribution >= 4 is 18.0 Å². The first-order valence-electron chi connectivity index (χ1n) is 29.3. The zero-order valence-corrected chi connectivity index (χ0v) is 48.5. The predicted molar refractivity (Wildman–Crippen MR) is 312 cm³/mol. The third kappa shape index (κ3) is 18.0. The molecule has 5 aliphatic rings. The molecule has 83 heavy (non-hydrogen) atoms. The monoisotopic (exact) mass is 1150 g/mol. The van der Waals surface area contributed by atoms with Gasteiger partial charge in [0.1, 0.15) is 18.8 Å². The summed E-state index contributed by atoms with van der Waals surface area (Å²) < 4.78 is 37.3. The molecule has 3 fully saturated rings. The molecule has 4 heterocycles. The number of alkyl carbamates (subject to hydrolysis) is 1. The number of hydrogen-bond donors (Lipinski definition) is 9. The minimum Gasteiger partial charge on any atom is -0.462 e. The van der Waals surface area contributed by atoms with Crippen LogP contribution in [0.3, 0.4) is 0 Å². The van der Waals surface area contributed by atoms with E-state index in [4.69, 9.17) is 28.4 Å². The van der Waals surface area contributed by atoms with Crippen molar-refractivity contribution in [3.05, 3.63) is 145 Å². The van der Waals surface area contributed by atoms with E-state index in [1.54, 1.807) is 32.1 Å². The SMILES string of the molecule is CO[C@]12CC3CC(=O)N[C@H]3[C@H](C[C@@H](OC3OC(C)C(C)C(NC(=O)OCC4c5ccccc5-c5ccccc54)C3O)/C=C/C=C/C=C/C=C/C=C/C=C/C=C/[C@H](C)[C@@H](O)[C@@H](C)[C@H](C)OC(=O)C[C@H](O)C[C@H](O)CC[C@@H](O)[C@H](O)C[C@H](O)C1)O2. The Balaban J connectivity index is 1.08. The fraction of sp³-hybridized carbons (Fsp3) is 0.554. The van der Waals surface area contributed by atoms with E-state index in [1.165, 1.54) is 7.11 Å². The van der Waals surface area contributed by atoms with Crippen molar-refractivity contribution in [2.24, 2.45) is 23.7 Å². The number of fused-ring (bicyclic) bond motifs is 7. The Morgan fingerprint density at radius 2 is 1.27 bits per heavy atom. The molecule has 4 aliphatic heterocycles. The molecule has 2 amide bonds. The van der Waals surface area contributed by atoms with Gasteiger partial charge in [0.25, 0.3) is 0 Å². The highest BCUT2D eigenvalue weighted by Gasteiger charge is 2.53. The molecule has 18 heteroatoms. The summed E-state index contributed by atoms with van der Waals surface area (Å²) in [6.07, 6.45) is 11.5. The van der Waals surface area contributed by atoms with Gasteiger partial charge in [-0.25, -0.2) is 4.79 Å². The van der Waals surface area contributed by atoms with Crippen molar-refractivity contribution in [3.63, 3.8) is 0 Å². The minimum absolute atomic E-state index is 0.0360. The number of amides is 2. The van der Waals surface area contributed by atoms with Gasteiger partial charge in [0.2, 0.25) is 5.91 Å². The number of aliphatic hydroxyl groups excluding tert-OH is 7. The summed E-state index contributed by atoms with van der Waals surface area (Å²) in [5.41, 5.74) is 4.32. The number of benzene rings is 2. The lowest BCUT2D eigenvalue weighted by Gasteiger charge is -2.47. The smallest absolute Gasteiger partial charge is 0.407 e. The number of carbonyl (C=O) groups is 3. The Morgan fingerprint density at radius 1 is 0.663 bits per heavy atom. The number of carbonyl (C=O) groups excluding carboxylic acids is 3. The average molecular weight is 1150 g/mol. The lowest BCUT2D eigenvalue weighted by atomic mass is 9.81. The molecule has 2 bridgehead atoms. The molecule has 9 N–H and O–H groups in total. The van der Waals surface area contributed by atoms with Crippen LogP contribution in [0.25, 0.3) is 11.1 Å². The highest BCUT2D eigenvalue weighted by molar-refractivity contribution is 5.80. The lowest BCUT2D eigenvalue weighted by Crippen LogP contribution is -2.61. The van der Waals surface area contributed by atoms with Crippen LogP contribution < -0.4 is 10.6 Å². The van der Waals surface area contributed by atoms with Crippen molar-refractivity contribution in [1.82, 2.24) is 10.6 Å². The molecule has 0 saturated carbocycles. The van der Waals surface area contributed by atoms with Crippen LogP contribution in [0, 0.1) is 23.7 Å². The average Bonchev–Trinajstić information content (AvgIpc) is 2.79. The highest BCUT2D eigenvalue weighted by atomic mass is 16.7. The van der Waals surface area contributed by atoms with Crippen LogP contribution in [0.5, 0.6) is 0 Å². The molecule has 2 aromatic rings. The van der Waals surface area contributed by atoms with E-state index in [0.717, 1.165) is 22.3 Å². The zero-order valence-electron chi connectivity index (χ0n) is 48.5. The van der Waals surface area contributed by atoms with Gasteiger partial charge in [-0.1, -0.05) is 154 Å². The number of methoxy groups -OCH3 is 1. The van der Waals surface area contributed by atoms with E-state index in [9.17, 15) is 50.1 Å². The second-order valence-corrected chi connectivity index (χ2v) is 23.1. The number of hydrogen-bond acceptors (Lipinski definition) is 16. The Hall–Kier alpha value is -5.61. The van der Waals surface area contributed by atoms with Gasteiger partial charge in [0.15, 0.2) is 12.1 Å². The fourth-order valence-electron chi connectivity index (χ4n) is 12.0. The van der Waals surface area contributed by atoms with E-state index in [1.807, 2.05) is 124 Å². The Labute approximate surface area is 488 Å². The quantitative estimate of drug-likeness (QED) is 0.137. The molecule has 19 atom stereocenters. The largest absolute Gasteiger partial charge is 0.462 e. The summed E-state index contributed by atoms with van der Waals surface area (Å²) in [5, 5.41) is 84.1. The van der Waals surface area contributed by atoms with Gasteiger partial charge in [-0.15, -0.1) is 0 Å². The van der Waals surface area contributed by atoms with Gasteiger partial charge >= 0.3 is 12.1 Å². The number of cyclic esters (lactones) is 1. The van der Waals surface area contributed by atoms with Crippen LogP contribution in [0.1, 0.15) is 109 Å². The van der Waals surface area contributed by atoms with Crippen LogP contribution in [-0.2, 0) is 38.0 Å². The summed E-state index contributed by atoms with van der Waals surface area (Å²) in [4.78, 5) is 39.6. The normalized spacial score (nSPS) is 39.2. The number of aliphatic hydroxyl groups is 7. The molecule has 6 unspecified atom stereocenters. The van der Waals surface area contributed by atoms with Crippen LogP contribution in [-0.4, -0.2) is 159 Å². The van der Waals surface area contributed by atoms with Crippen molar-refractivity contribution in [2.45, 2.75) is 190 Å². The molecule has 3 saturated heterocycles. The van der Waals surface area contributed by atoms with E-state index in [2.05, 4.69) is 22.8 Å². The first kappa shape index (κ1) is 64.9. The first-order valence-corrected chi connectivity index (χ1v) is 29.3. The van der Waals surface area contributed by atoms with E-state index < -0.39 is 116 Å². The molecule has 0 spiro atoms. The van der Waals surface area contributed by atoms with Crippen LogP contribution in [0.4, 0.5) is 4.79 Å². The molecule has 0 aromatic heterocycles. The number of rotatable bonds is 6. The summed E-state index contributed by atoms with van der Waals surface area (Å²) in [6.45, 7) is 9.08. The standard InChI is InChI=1S/C65H88N2O16/c1-39-23-17-15-13-11-9-7-8-10-12-14-16-18-24-48(82-63-62(76)59(40(2)42(4)81-63)67-64(77)79-38-53-51-27-21-19-25-49(51)50-26-20-22-28-52(50)53)35-56-60-44(31-57(73)66-60)36-65(78-6,83-56)37-47(70)33-55(72)54(71)30-29-45(68)32-46(69)34-58(74)80-43(5)41(3)61(39)75/h7-28,39-48,53-56,59-63,68-72,75-76H,29-38H2,1-6H3,(H,66,73)(H,67,77)/b8-7+,11-9+,12-10+,15-13+,16-14+,23-17+,24-18+/t39-,40?,41-,42?,43-,44?,45+,46+,47-,48-,54+,55+,56-,59?,60+,61+,62?,63?,65-/m0/s1. The second-order valence-electron chi connectivity index (χ2n) is 23.1. The highest BCUT2D eigenvalue weighted by Crippen LogP contribution is 2.45. The van der Waals surface area contributed by atoms with E-state index in [-0.39, 0.29) is 87.6 Å². The molecule has 18 nitrogen and oxygen atoms in total. The number of esters is 1. The number of ether oxygens (including phenoxy) is 6. The summed E-state index contributed by atoms with van der Waals surface area (Å²) >= 11 is 0. The van der Waals surface area contributed by atoms with Crippen molar-refractivity contribution in [1.29, 1.82) is 0 Å². The maximum absolute atomic E-state index is 13.7. The van der Waals surface area contributed by atoms with Crippen molar-refractivity contribution in [3.8, 4) is 11.1 Å². The maximum Gasteiger partial charge on any atom is 0.407 e.